The molecule has 0 aliphatic heterocycles. The minimum Gasteiger partial charge on any atom is -0.478 e. The van der Waals surface area contributed by atoms with E-state index in [1.807, 2.05) is 0 Å². The van der Waals surface area contributed by atoms with Crippen LogP contribution < -0.4 is 5.73 Å². The molecule has 0 unspecified atom stereocenters. The highest BCUT2D eigenvalue weighted by Gasteiger charge is 2.11. The van der Waals surface area contributed by atoms with E-state index in [2.05, 4.69) is 11.8 Å². The maximum Gasteiger partial charge on any atom is 0.337 e. The summed E-state index contributed by atoms with van der Waals surface area (Å²) in [6.07, 6.45) is 0. The zero-order valence-corrected chi connectivity index (χ0v) is 8.93. The summed E-state index contributed by atoms with van der Waals surface area (Å²) < 4.78 is 0. The standard InChI is InChI=1S/C11H10ClNO2/c1-7-5-8(3-2-4-12)10(13)9(6-7)11(14)15/h5-6H,4,13H2,1H3,(H,14,15). The van der Waals surface area contributed by atoms with Crippen LogP contribution in [0.25, 0.3) is 0 Å². The third-order valence-corrected chi connectivity index (χ3v) is 1.98. The van der Waals surface area contributed by atoms with Crippen molar-refractivity contribution in [1.29, 1.82) is 0 Å². The lowest BCUT2D eigenvalue weighted by Crippen LogP contribution is -2.05. The van der Waals surface area contributed by atoms with Crippen LogP contribution >= 0.6 is 11.6 Å². The van der Waals surface area contributed by atoms with Crippen LogP contribution in [0.5, 0.6) is 0 Å². The summed E-state index contributed by atoms with van der Waals surface area (Å²) in [5.41, 5.74) is 7.24. The Kier molecular flexibility index (Phi) is 3.59. The highest BCUT2D eigenvalue weighted by molar-refractivity contribution is 6.19. The summed E-state index contributed by atoms with van der Waals surface area (Å²) in [7, 11) is 0. The second-order valence-corrected chi connectivity index (χ2v) is 3.28. The molecule has 0 amide bonds. The van der Waals surface area contributed by atoms with E-state index in [9.17, 15) is 4.79 Å². The Hall–Kier alpha value is -1.66. The fourth-order valence-corrected chi connectivity index (χ4v) is 1.27. The normalized spacial score (nSPS) is 9.20. The van der Waals surface area contributed by atoms with Gasteiger partial charge in [-0.05, 0) is 24.6 Å². The predicted octanol–water partition coefficient (Wildman–Crippen LogP) is 1.87. The molecule has 0 radical (unpaired) electrons. The minimum absolute atomic E-state index is 0.0777. The molecule has 0 saturated heterocycles. The van der Waals surface area contributed by atoms with Crippen molar-refractivity contribution in [3.63, 3.8) is 0 Å². The number of carboxylic acid groups (broad SMARTS) is 1. The van der Waals surface area contributed by atoms with Crippen molar-refractivity contribution in [3.05, 3.63) is 28.8 Å². The lowest BCUT2D eigenvalue weighted by Gasteiger charge is -2.05. The number of hydrogen-bond donors (Lipinski definition) is 2. The molecule has 1 aromatic carbocycles. The van der Waals surface area contributed by atoms with Crippen LogP contribution in [0.1, 0.15) is 21.5 Å². The van der Waals surface area contributed by atoms with E-state index in [0.29, 0.717) is 5.56 Å². The highest BCUT2D eigenvalue weighted by atomic mass is 35.5. The van der Waals surface area contributed by atoms with Crippen LogP contribution in [0.4, 0.5) is 5.69 Å². The fourth-order valence-electron chi connectivity index (χ4n) is 1.21. The second kappa shape index (κ2) is 4.72. The first-order valence-corrected chi connectivity index (χ1v) is 4.78. The molecule has 0 aliphatic carbocycles. The molecule has 0 aromatic heterocycles. The molecule has 0 heterocycles. The molecule has 1 aromatic rings. The third kappa shape index (κ3) is 2.64. The third-order valence-electron chi connectivity index (χ3n) is 1.84. The molecule has 4 heteroatoms. The van der Waals surface area contributed by atoms with E-state index in [4.69, 9.17) is 22.4 Å². The number of aromatic carboxylic acids is 1. The number of halogens is 1. The molecule has 15 heavy (non-hydrogen) atoms. The zero-order chi connectivity index (χ0) is 11.4. The fraction of sp³-hybridized carbons (Fsp3) is 0.182. The lowest BCUT2D eigenvalue weighted by atomic mass is 10.0. The topological polar surface area (TPSA) is 63.3 Å². The number of carbonyl (C=O) groups is 1. The number of benzene rings is 1. The average molecular weight is 224 g/mol. The first-order chi connectivity index (χ1) is 7.06. The molecule has 3 nitrogen and oxygen atoms in total. The molecule has 78 valence electrons. The zero-order valence-electron chi connectivity index (χ0n) is 8.17. The van der Waals surface area contributed by atoms with Gasteiger partial charge in [-0.1, -0.05) is 11.8 Å². The maximum absolute atomic E-state index is 10.8. The number of alkyl halides is 1. The molecule has 0 saturated carbocycles. The minimum atomic E-state index is -1.05. The van der Waals surface area contributed by atoms with Crippen LogP contribution in [0, 0.1) is 18.8 Å². The molecule has 3 N–H and O–H groups in total. The Bertz CT molecular complexity index is 458. The largest absolute Gasteiger partial charge is 0.478 e. The van der Waals surface area contributed by atoms with Crippen molar-refractivity contribution < 1.29 is 9.90 Å². The summed E-state index contributed by atoms with van der Waals surface area (Å²) >= 11 is 5.42. The molecule has 1 rings (SSSR count). The summed E-state index contributed by atoms with van der Waals surface area (Å²) in [6.45, 7) is 1.79. The van der Waals surface area contributed by atoms with Crippen molar-refractivity contribution >= 4 is 23.3 Å². The number of carboxylic acids is 1. The average Bonchev–Trinajstić information content (AvgIpc) is 2.18. The molecule has 0 spiro atoms. The Morgan fingerprint density at radius 2 is 2.27 bits per heavy atom. The number of anilines is 1. The smallest absolute Gasteiger partial charge is 0.337 e. The summed E-state index contributed by atoms with van der Waals surface area (Å²) in [4.78, 5) is 10.8. The van der Waals surface area contributed by atoms with E-state index < -0.39 is 5.97 Å². The van der Waals surface area contributed by atoms with Crippen molar-refractivity contribution in [2.75, 3.05) is 11.6 Å². The highest BCUT2D eigenvalue weighted by Crippen LogP contribution is 2.19. The van der Waals surface area contributed by atoms with Gasteiger partial charge in [0, 0.05) is 5.56 Å². The predicted molar refractivity (Wildman–Crippen MR) is 60.1 cm³/mol. The molecule has 0 aliphatic rings. The molecular formula is C11H10ClNO2. The molecule has 0 atom stereocenters. The van der Waals surface area contributed by atoms with E-state index in [-0.39, 0.29) is 17.1 Å². The van der Waals surface area contributed by atoms with Gasteiger partial charge >= 0.3 is 5.97 Å². The summed E-state index contributed by atoms with van der Waals surface area (Å²) in [6, 6.07) is 3.25. The van der Waals surface area contributed by atoms with Gasteiger partial charge < -0.3 is 10.8 Å². The molecule has 0 fully saturated rings. The summed E-state index contributed by atoms with van der Waals surface area (Å²) in [5.74, 6) is 4.51. The van der Waals surface area contributed by atoms with Crippen molar-refractivity contribution in [1.82, 2.24) is 0 Å². The summed E-state index contributed by atoms with van der Waals surface area (Å²) in [5, 5.41) is 8.89. The maximum atomic E-state index is 10.8. The van der Waals surface area contributed by atoms with Gasteiger partial charge in [0.1, 0.15) is 0 Å². The van der Waals surface area contributed by atoms with Gasteiger partial charge in [-0.15, -0.1) is 11.6 Å². The van der Waals surface area contributed by atoms with Crippen LogP contribution in [0.2, 0.25) is 0 Å². The number of aryl methyl sites for hydroxylation is 1. The number of nitrogens with two attached hydrogens (primary N) is 1. The van der Waals surface area contributed by atoms with Crippen LogP contribution in [-0.2, 0) is 0 Å². The molecular weight excluding hydrogens is 214 g/mol. The Balaban J connectivity index is 3.34. The Labute approximate surface area is 92.9 Å². The first-order valence-electron chi connectivity index (χ1n) is 4.24. The number of rotatable bonds is 1. The Morgan fingerprint density at radius 1 is 1.60 bits per heavy atom. The van der Waals surface area contributed by atoms with Gasteiger partial charge in [0.25, 0.3) is 0 Å². The monoisotopic (exact) mass is 223 g/mol. The SMILES string of the molecule is Cc1cc(C#CCCl)c(N)c(C(=O)O)c1. The van der Waals surface area contributed by atoms with Gasteiger partial charge in [0.15, 0.2) is 0 Å². The Morgan fingerprint density at radius 3 is 2.80 bits per heavy atom. The van der Waals surface area contributed by atoms with Crippen molar-refractivity contribution in [2.24, 2.45) is 0 Å². The van der Waals surface area contributed by atoms with Gasteiger partial charge in [-0.2, -0.15) is 0 Å². The second-order valence-electron chi connectivity index (χ2n) is 3.01. The van der Waals surface area contributed by atoms with Gasteiger partial charge in [0.05, 0.1) is 17.1 Å². The van der Waals surface area contributed by atoms with E-state index in [1.54, 1.807) is 13.0 Å². The van der Waals surface area contributed by atoms with E-state index in [1.165, 1.54) is 6.07 Å². The van der Waals surface area contributed by atoms with E-state index >= 15 is 0 Å². The van der Waals surface area contributed by atoms with Crippen molar-refractivity contribution in [3.8, 4) is 11.8 Å². The van der Waals surface area contributed by atoms with Crippen LogP contribution in [-0.4, -0.2) is 17.0 Å². The number of nitrogen functional groups attached to an aromatic ring is 1. The van der Waals surface area contributed by atoms with Gasteiger partial charge in [0.2, 0.25) is 0 Å². The number of hydrogen-bond acceptors (Lipinski definition) is 2. The quantitative estimate of drug-likeness (QED) is 0.434. The van der Waals surface area contributed by atoms with Gasteiger partial charge in [-0.25, -0.2) is 4.79 Å². The van der Waals surface area contributed by atoms with Crippen molar-refractivity contribution in [2.45, 2.75) is 6.92 Å². The first kappa shape index (κ1) is 11.4. The lowest BCUT2D eigenvalue weighted by molar-refractivity contribution is 0.0698. The van der Waals surface area contributed by atoms with Crippen LogP contribution in [0.15, 0.2) is 12.1 Å². The van der Waals surface area contributed by atoms with Crippen LogP contribution in [0.3, 0.4) is 0 Å². The van der Waals surface area contributed by atoms with E-state index in [0.717, 1.165) is 5.56 Å². The van der Waals surface area contributed by atoms with Gasteiger partial charge in [-0.3, -0.25) is 0 Å². The molecule has 0 bridgehead atoms.